The SMILES string of the molecule is O=C1CCC2=C(N=CC(OCCN3CCC4(CC3)C(=O)Nc3ccc(Cl)cc34)C2)N1. The third-order valence-corrected chi connectivity index (χ3v) is 6.93. The number of nitrogens with one attached hydrogen (secondary N) is 2. The van der Waals surface area contributed by atoms with Crippen LogP contribution in [0.2, 0.25) is 5.02 Å². The number of amides is 2. The molecule has 7 nitrogen and oxygen atoms in total. The Balaban J connectivity index is 1.12. The minimum Gasteiger partial charge on any atom is -0.371 e. The molecule has 0 saturated carbocycles. The highest BCUT2D eigenvalue weighted by molar-refractivity contribution is 6.31. The average Bonchev–Trinajstić information content (AvgIpc) is 3.00. The second kappa shape index (κ2) is 7.80. The smallest absolute Gasteiger partial charge is 0.235 e. The second-order valence-corrected chi connectivity index (χ2v) is 8.90. The molecule has 158 valence electrons. The first kappa shape index (κ1) is 19.7. The fourth-order valence-corrected chi connectivity index (χ4v) is 5.09. The first-order valence-electron chi connectivity index (χ1n) is 10.5. The number of carbonyl (C=O) groups is 2. The number of piperidine rings is 1. The number of rotatable bonds is 4. The number of ether oxygens (including phenoxy) is 1. The maximum absolute atomic E-state index is 12.7. The molecule has 5 rings (SSSR count). The minimum absolute atomic E-state index is 0.0361. The van der Waals surface area contributed by atoms with Crippen molar-refractivity contribution in [3.8, 4) is 0 Å². The summed E-state index contributed by atoms with van der Waals surface area (Å²) in [5, 5.41) is 6.52. The highest BCUT2D eigenvalue weighted by Gasteiger charge is 2.48. The number of likely N-dealkylation sites (tertiary alicyclic amines) is 1. The Kier molecular flexibility index (Phi) is 5.13. The van der Waals surface area contributed by atoms with Crippen LogP contribution in [-0.4, -0.2) is 55.3 Å². The van der Waals surface area contributed by atoms with E-state index in [1.807, 2.05) is 18.2 Å². The van der Waals surface area contributed by atoms with Crippen LogP contribution in [0.25, 0.3) is 0 Å². The van der Waals surface area contributed by atoms with Crippen LogP contribution in [0.15, 0.2) is 34.6 Å². The van der Waals surface area contributed by atoms with E-state index in [0.29, 0.717) is 23.9 Å². The molecule has 4 aliphatic heterocycles. The predicted molar refractivity (Wildman–Crippen MR) is 115 cm³/mol. The van der Waals surface area contributed by atoms with Crippen LogP contribution in [0, 0.1) is 0 Å². The van der Waals surface area contributed by atoms with Gasteiger partial charge in [0, 0.05) is 36.3 Å². The van der Waals surface area contributed by atoms with Gasteiger partial charge in [0.2, 0.25) is 11.8 Å². The Morgan fingerprint density at radius 1 is 1.20 bits per heavy atom. The number of fused-ring (bicyclic) bond motifs is 2. The van der Waals surface area contributed by atoms with Crippen LogP contribution in [0.4, 0.5) is 5.69 Å². The van der Waals surface area contributed by atoms with E-state index in [1.165, 1.54) is 5.57 Å². The average molecular weight is 429 g/mol. The van der Waals surface area contributed by atoms with Gasteiger partial charge in [-0.25, -0.2) is 4.99 Å². The van der Waals surface area contributed by atoms with Gasteiger partial charge in [-0.2, -0.15) is 0 Å². The molecule has 1 atom stereocenters. The topological polar surface area (TPSA) is 83.0 Å². The maximum Gasteiger partial charge on any atom is 0.235 e. The van der Waals surface area contributed by atoms with E-state index in [4.69, 9.17) is 16.3 Å². The fraction of sp³-hybridized carbons (Fsp3) is 0.500. The Morgan fingerprint density at radius 3 is 2.87 bits per heavy atom. The van der Waals surface area contributed by atoms with Gasteiger partial charge in [0.1, 0.15) is 5.82 Å². The van der Waals surface area contributed by atoms with Crippen LogP contribution in [0.3, 0.4) is 0 Å². The fourth-order valence-electron chi connectivity index (χ4n) is 4.92. The zero-order valence-electron chi connectivity index (χ0n) is 16.7. The number of nitrogens with zero attached hydrogens (tertiary/aromatic N) is 2. The number of hydrogen-bond donors (Lipinski definition) is 2. The van der Waals surface area contributed by atoms with Gasteiger partial charge < -0.3 is 20.3 Å². The molecule has 1 aromatic carbocycles. The third kappa shape index (κ3) is 3.55. The molecule has 30 heavy (non-hydrogen) atoms. The van der Waals surface area contributed by atoms with Crippen LogP contribution in [-0.2, 0) is 19.7 Å². The van der Waals surface area contributed by atoms with Crippen molar-refractivity contribution in [3.63, 3.8) is 0 Å². The first-order chi connectivity index (χ1) is 14.5. The maximum atomic E-state index is 12.7. The molecular formula is C22H25ClN4O3. The van der Waals surface area contributed by atoms with Gasteiger partial charge in [-0.15, -0.1) is 0 Å². The Bertz CT molecular complexity index is 950. The third-order valence-electron chi connectivity index (χ3n) is 6.69. The summed E-state index contributed by atoms with van der Waals surface area (Å²) in [7, 11) is 0. The number of benzene rings is 1. The van der Waals surface area contributed by atoms with E-state index in [2.05, 4.69) is 20.5 Å². The lowest BCUT2D eigenvalue weighted by Gasteiger charge is -2.38. The van der Waals surface area contributed by atoms with Gasteiger partial charge in [-0.1, -0.05) is 11.6 Å². The lowest BCUT2D eigenvalue weighted by molar-refractivity contribution is -0.123. The highest BCUT2D eigenvalue weighted by atomic mass is 35.5. The van der Waals surface area contributed by atoms with Crippen molar-refractivity contribution in [2.45, 2.75) is 43.6 Å². The minimum atomic E-state index is -0.456. The van der Waals surface area contributed by atoms with E-state index < -0.39 is 5.41 Å². The molecule has 0 aromatic heterocycles. The van der Waals surface area contributed by atoms with Crippen molar-refractivity contribution in [1.29, 1.82) is 0 Å². The summed E-state index contributed by atoms with van der Waals surface area (Å²) in [6.45, 7) is 3.14. The summed E-state index contributed by atoms with van der Waals surface area (Å²) in [5.74, 6) is 0.842. The molecule has 4 heterocycles. The zero-order valence-corrected chi connectivity index (χ0v) is 17.5. The lowest BCUT2D eigenvalue weighted by atomic mass is 9.73. The quantitative estimate of drug-likeness (QED) is 0.772. The molecule has 8 heteroatoms. The molecule has 1 aromatic rings. The standard InChI is InChI=1S/C22H25ClN4O3/c23-15-2-3-18-17(12-15)22(21(29)25-18)5-7-27(8-6-22)9-10-30-16-11-14-1-4-19(28)26-20(14)24-13-16/h2-3,12-13,16H,1,4-11H2,(H,25,29)(H,26,28). The molecule has 1 saturated heterocycles. The largest absolute Gasteiger partial charge is 0.371 e. The normalized spacial score (nSPS) is 25.2. The number of aliphatic imine (C=N–C) groups is 1. The van der Waals surface area contributed by atoms with Crippen molar-refractivity contribution < 1.29 is 14.3 Å². The van der Waals surface area contributed by atoms with Gasteiger partial charge in [0.25, 0.3) is 0 Å². The number of halogens is 1. The monoisotopic (exact) mass is 428 g/mol. The summed E-state index contributed by atoms with van der Waals surface area (Å²) in [6.07, 6.45) is 5.40. The van der Waals surface area contributed by atoms with Crippen molar-refractivity contribution in [1.82, 2.24) is 10.2 Å². The van der Waals surface area contributed by atoms with Gasteiger partial charge in [0.15, 0.2) is 0 Å². The molecule has 2 N–H and O–H groups in total. The van der Waals surface area contributed by atoms with Gasteiger partial charge in [-0.05, 0) is 61.7 Å². The Morgan fingerprint density at radius 2 is 2.03 bits per heavy atom. The van der Waals surface area contributed by atoms with Crippen LogP contribution >= 0.6 is 11.6 Å². The molecular weight excluding hydrogens is 404 g/mol. The zero-order chi connectivity index (χ0) is 20.7. The van der Waals surface area contributed by atoms with E-state index in [0.717, 1.165) is 56.6 Å². The second-order valence-electron chi connectivity index (χ2n) is 8.46. The molecule has 0 radical (unpaired) electrons. The number of hydrogen-bond acceptors (Lipinski definition) is 5. The van der Waals surface area contributed by atoms with Crippen LogP contribution in [0.1, 0.15) is 37.7 Å². The molecule has 1 unspecified atom stereocenters. The highest BCUT2D eigenvalue weighted by Crippen LogP contribution is 2.45. The van der Waals surface area contributed by atoms with Crippen LogP contribution < -0.4 is 10.6 Å². The molecule has 1 spiro atoms. The van der Waals surface area contributed by atoms with Crippen molar-refractivity contribution in [2.24, 2.45) is 4.99 Å². The molecule has 0 aliphatic carbocycles. The van der Waals surface area contributed by atoms with Crippen LogP contribution in [0.5, 0.6) is 0 Å². The van der Waals surface area contributed by atoms with Crippen molar-refractivity contribution in [2.75, 3.05) is 31.6 Å². The van der Waals surface area contributed by atoms with E-state index >= 15 is 0 Å². The van der Waals surface area contributed by atoms with Gasteiger partial charge in [0.05, 0.1) is 18.1 Å². The van der Waals surface area contributed by atoms with Gasteiger partial charge >= 0.3 is 0 Å². The number of carbonyl (C=O) groups excluding carboxylic acids is 2. The van der Waals surface area contributed by atoms with Gasteiger partial charge in [-0.3, -0.25) is 9.59 Å². The molecule has 1 fully saturated rings. The van der Waals surface area contributed by atoms with Crippen molar-refractivity contribution in [3.05, 3.63) is 40.2 Å². The summed E-state index contributed by atoms with van der Waals surface area (Å²) in [6, 6.07) is 5.66. The lowest BCUT2D eigenvalue weighted by Crippen LogP contribution is -2.47. The summed E-state index contributed by atoms with van der Waals surface area (Å²) in [5.41, 5.74) is 2.65. The molecule has 0 bridgehead atoms. The van der Waals surface area contributed by atoms with E-state index in [-0.39, 0.29) is 17.9 Å². The number of anilines is 1. The Labute approximate surface area is 180 Å². The van der Waals surface area contributed by atoms with E-state index in [1.54, 1.807) is 6.21 Å². The van der Waals surface area contributed by atoms with E-state index in [9.17, 15) is 9.59 Å². The first-order valence-corrected chi connectivity index (χ1v) is 10.9. The van der Waals surface area contributed by atoms with Crippen molar-refractivity contribution >= 4 is 35.3 Å². The predicted octanol–water partition coefficient (Wildman–Crippen LogP) is 2.61. The molecule has 2 amide bonds. The summed E-state index contributed by atoms with van der Waals surface area (Å²) >= 11 is 6.19. The molecule has 4 aliphatic rings. The summed E-state index contributed by atoms with van der Waals surface area (Å²) in [4.78, 5) is 30.9. The summed E-state index contributed by atoms with van der Waals surface area (Å²) < 4.78 is 6.04. The Hall–Kier alpha value is -2.22.